The van der Waals surface area contributed by atoms with Gasteiger partial charge in [0.05, 0.1) is 27.4 Å². The average molecular weight is 366 g/mol. The Bertz CT molecular complexity index is 642. The van der Waals surface area contributed by atoms with E-state index in [1.807, 2.05) is 0 Å². The zero-order valence-electron chi connectivity index (χ0n) is 12.4. The highest BCUT2D eigenvalue weighted by Gasteiger charge is 2.29. The van der Waals surface area contributed by atoms with Crippen LogP contribution in [0, 0.1) is 0 Å². The molecule has 0 aliphatic carbocycles. The van der Waals surface area contributed by atoms with Gasteiger partial charge in [0.1, 0.15) is 4.90 Å². The molecular weight excluding hydrogens is 350 g/mol. The summed E-state index contributed by atoms with van der Waals surface area (Å²) >= 11 is 0. The lowest BCUT2D eigenvalue weighted by molar-refractivity contribution is 0.0749. The summed E-state index contributed by atoms with van der Waals surface area (Å²) in [5, 5.41) is 0. The van der Waals surface area contributed by atoms with E-state index in [1.165, 1.54) is 18.2 Å². The van der Waals surface area contributed by atoms with E-state index in [4.69, 9.17) is 9.05 Å². The molecule has 0 saturated heterocycles. The number of benzene rings is 1. The van der Waals surface area contributed by atoms with Gasteiger partial charge in [-0.1, -0.05) is 6.07 Å². The number of carbonyl (C=O) groups is 2. The van der Waals surface area contributed by atoms with Crippen LogP contribution in [0.2, 0.25) is 0 Å². The molecule has 122 valence electrons. The van der Waals surface area contributed by atoms with Crippen LogP contribution in [0.1, 0.15) is 20.7 Å². The summed E-state index contributed by atoms with van der Waals surface area (Å²) in [6, 6.07) is 3.66. The molecule has 0 atom stereocenters. The molecule has 1 aromatic rings. The van der Waals surface area contributed by atoms with Gasteiger partial charge in [-0.25, -0.2) is 9.59 Å². The van der Waals surface area contributed by atoms with Gasteiger partial charge >= 0.3 is 11.9 Å². The Morgan fingerprint density at radius 2 is 1.32 bits per heavy atom. The van der Waals surface area contributed by atoms with Gasteiger partial charge in [0.2, 0.25) is 0 Å². The quantitative estimate of drug-likeness (QED) is 0.630. The summed E-state index contributed by atoms with van der Waals surface area (Å²) in [6.45, 7) is 6.61. The standard InChI is InChI=1S/C12H16O7P2S/c1-20(2)18-11(13)8-6-5-7-9(10(8)22(15,16)17)12(14)19-21(3)4/h5-7H,1-4H3,(H,15,16,17). The van der Waals surface area contributed by atoms with Gasteiger partial charge < -0.3 is 9.05 Å². The third kappa shape index (κ3) is 4.99. The molecule has 1 aromatic carbocycles. The summed E-state index contributed by atoms with van der Waals surface area (Å²) in [5.41, 5.74) is -0.797. The fraction of sp³-hybridized carbons (Fsp3) is 0.333. The molecule has 0 heterocycles. The highest BCUT2D eigenvalue weighted by molar-refractivity contribution is 7.86. The molecule has 7 nitrogen and oxygen atoms in total. The van der Waals surface area contributed by atoms with Crippen LogP contribution in [-0.2, 0) is 19.2 Å². The third-order valence-corrected chi connectivity index (χ3v) is 4.26. The first-order valence-corrected chi connectivity index (χ1v) is 11.7. The Hall–Kier alpha value is -1.07. The Kier molecular flexibility index (Phi) is 6.44. The Morgan fingerprint density at radius 1 is 0.955 bits per heavy atom. The van der Waals surface area contributed by atoms with Crippen LogP contribution in [0.4, 0.5) is 0 Å². The molecule has 0 aromatic heterocycles. The van der Waals surface area contributed by atoms with Crippen LogP contribution in [-0.4, -0.2) is 51.6 Å². The molecule has 0 radical (unpaired) electrons. The summed E-state index contributed by atoms with van der Waals surface area (Å²) in [5.74, 6) is -1.85. The van der Waals surface area contributed by atoms with E-state index in [0.717, 1.165) is 0 Å². The van der Waals surface area contributed by atoms with E-state index in [0.29, 0.717) is 0 Å². The normalized spacial score (nSPS) is 11.6. The molecule has 10 heteroatoms. The van der Waals surface area contributed by atoms with Crippen molar-refractivity contribution in [2.24, 2.45) is 0 Å². The van der Waals surface area contributed by atoms with Gasteiger partial charge in [-0.2, -0.15) is 8.42 Å². The highest BCUT2D eigenvalue weighted by atomic mass is 32.2. The molecular formula is C12H16O7P2S. The van der Waals surface area contributed by atoms with Crippen LogP contribution in [0.25, 0.3) is 0 Å². The Morgan fingerprint density at radius 3 is 1.59 bits per heavy atom. The largest absolute Gasteiger partial charge is 0.442 e. The molecule has 0 fully saturated rings. The van der Waals surface area contributed by atoms with Gasteiger partial charge in [-0.3, -0.25) is 4.55 Å². The molecule has 1 rings (SSSR count). The fourth-order valence-electron chi connectivity index (χ4n) is 1.57. The molecule has 0 aliphatic heterocycles. The van der Waals surface area contributed by atoms with Gasteiger partial charge in [0.25, 0.3) is 10.1 Å². The lowest BCUT2D eigenvalue weighted by atomic mass is 10.1. The topological polar surface area (TPSA) is 107 Å². The van der Waals surface area contributed by atoms with Gasteiger partial charge in [0.15, 0.2) is 0 Å². The van der Waals surface area contributed by atoms with Crippen molar-refractivity contribution in [2.75, 3.05) is 26.7 Å². The first-order chi connectivity index (χ1) is 10.0. The van der Waals surface area contributed by atoms with Gasteiger partial charge in [-0.15, -0.1) is 0 Å². The monoisotopic (exact) mass is 366 g/mol. The number of rotatable bonds is 5. The van der Waals surface area contributed by atoms with E-state index >= 15 is 0 Å². The average Bonchev–Trinajstić information content (AvgIpc) is 2.35. The molecule has 0 amide bonds. The number of hydrogen-bond acceptors (Lipinski definition) is 6. The van der Waals surface area contributed by atoms with E-state index < -0.39 is 54.4 Å². The molecule has 0 unspecified atom stereocenters. The first kappa shape index (κ1) is 19.0. The Labute approximate surface area is 131 Å². The minimum Gasteiger partial charge on any atom is -0.442 e. The molecule has 22 heavy (non-hydrogen) atoms. The predicted octanol–water partition coefficient (Wildman–Crippen LogP) is 2.56. The first-order valence-electron chi connectivity index (χ1n) is 5.93. The lowest BCUT2D eigenvalue weighted by Gasteiger charge is -2.14. The van der Waals surface area contributed by atoms with Crippen LogP contribution >= 0.6 is 16.3 Å². The maximum atomic E-state index is 12.0. The minimum absolute atomic E-state index is 0.398. The summed E-state index contributed by atoms with van der Waals surface area (Å²) in [4.78, 5) is 23.2. The second-order valence-corrected chi connectivity index (χ2v) is 9.51. The predicted molar refractivity (Wildman–Crippen MR) is 84.6 cm³/mol. The second-order valence-electron chi connectivity index (χ2n) is 4.54. The maximum absolute atomic E-state index is 12.0. The Balaban J connectivity index is 3.48. The summed E-state index contributed by atoms with van der Waals surface area (Å²) < 4.78 is 42.6. The van der Waals surface area contributed by atoms with E-state index in [1.54, 1.807) is 26.7 Å². The van der Waals surface area contributed by atoms with Crippen LogP contribution in [0.5, 0.6) is 0 Å². The molecule has 0 saturated carbocycles. The SMILES string of the molecule is CP(C)OC(=O)c1cccc(C(=O)OP(C)C)c1S(=O)(=O)O. The number of carbonyl (C=O) groups excluding carboxylic acids is 2. The lowest BCUT2D eigenvalue weighted by Crippen LogP contribution is -2.16. The second kappa shape index (κ2) is 7.47. The van der Waals surface area contributed by atoms with Crippen molar-refractivity contribution in [3.8, 4) is 0 Å². The van der Waals surface area contributed by atoms with Crippen LogP contribution in [0.3, 0.4) is 0 Å². The van der Waals surface area contributed by atoms with E-state index in [-0.39, 0.29) is 0 Å². The van der Waals surface area contributed by atoms with E-state index in [9.17, 15) is 22.6 Å². The molecule has 0 aliphatic rings. The van der Waals surface area contributed by atoms with Crippen molar-refractivity contribution in [3.63, 3.8) is 0 Å². The minimum atomic E-state index is -4.81. The highest BCUT2D eigenvalue weighted by Crippen LogP contribution is 2.33. The van der Waals surface area contributed by atoms with Crippen molar-refractivity contribution in [3.05, 3.63) is 29.3 Å². The van der Waals surface area contributed by atoms with Crippen molar-refractivity contribution in [2.45, 2.75) is 4.90 Å². The van der Waals surface area contributed by atoms with Crippen molar-refractivity contribution in [1.82, 2.24) is 0 Å². The van der Waals surface area contributed by atoms with Crippen LogP contribution in [0.15, 0.2) is 23.1 Å². The van der Waals surface area contributed by atoms with Gasteiger partial charge in [-0.05, 0) is 38.8 Å². The van der Waals surface area contributed by atoms with Crippen molar-refractivity contribution >= 4 is 38.4 Å². The van der Waals surface area contributed by atoms with Crippen LogP contribution < -0.4 is 0 Å². The smallest absolute Gasteiger partial charge is 0.342 e. The third-order valence-electron chi connectivity index (χ3n) is 2.24. The molecule has 0 bridgehead atoms. The number of hydrogen-bond donors (Lipinski definition) is 1. The fourth-order valence-corrected chi connectivity index (χ4v) is 3.28. The summed E-state index contributed by atoms with van der Waals surface area (Å²) in [7, 11) is -6.99. The zero-order chi connectivity index (χ0) is 17.1. The zero-order valence-corrected chi connectivity index (χ0v) is 15.0. The summed E-state index contributed by atoms with van der Waals surface area (Å²) in [6.07, 6.45) is 0. The van der Waals surface area contributed by atoms with E-state index in [2.05, 4.69) is 0 Å². The van der Waals surface area contributed by atoms with Crippen molar-refractivity contribution in [1.29, 1.82) is 0 Å². The molecule has 0 spiro atoms. The molecule has 1 N–H and O–H groups in total. The maximum Gasteiger partial charge on any atom is 0.342 e. The van der Waals surface area contributed by atoms with Gasteiger partial charge in [0, 0.05) is 0 Å². The van der Waals surface area contributed by atoms with Crippen molar-refractivity contribution < 1.29 is 31.6 Å².